The molecule has 0 aromatic carbocycles. The van der Waals surface area contributed by atoms with Gasteiger partial charge in [-0.05, 0) is 37.8 Å². The molecule has 1 aliphatic rings. The Labute approximate surface area is 121 Å². The van der Waals surface area contributed by atoms with Gasteiger partial charge in [0.1, 0.15) is 5.78 Å². The van der Waals surface area contributed by atoms with Gasteiger partial charge in [-0.2, -0.15) is 13.2 Å². The molecule has 2 unspecified atom stereocenters. The molecule has 1 heterocycles. The maximum Gasteiger partial charge on any atom is 0.391 e. The van der Waals surface area contributed by atoms with Crippen LogP contribution in [0.5, 0.6) is 0 Å². The molecule has 1 aliphatic carbocycles. The highest BCUT2D eigenvalue weighted by Gasteiger charge is 2.43. The number of Topliss-reactive ketones (excluding diaryl/α,β-unsaturated/α-hetero) is 1. The Morgan fingerprint density at radius 3 is 2.60 bits per heavy atom. The first-order chi connectivity index (χ1) is 9.40. The number of thiophene rings is 1. The molecule has 112 valence electrons. The summed E-state index contributed by atoms with van der Waals surface area (Å²) in [6.45, 7) is 2.05. The Morgan fingerprint density at radius 1 is 1.30 bits per heavy atom. The second-order valence-corrected chi connectivity index (χ2v) is 6.72. The Kier molecular flexibility index (Phi) is 4.89. The number of hydrogen-bond acceptors (Lipinski definition) is 2. The van der Waals surface area contributed by atoms with E-state index < -0.39 is 18.0 Å². The molecule has 0 saturated heterocycles. The molecule has 1 aromatic heterocycles. The van der Waals surface area contributed by atoms with Crippen molar-refractivity contribution >= 4 is 17.1 Å². The van der Waals surface area contributed by atoms with Crippen LogP contribution in [0, 0.1) is 11.8 Å². The lowest BCUT2D eigenvalue weighted by atomic mass is 9.78. The molecular formula is C15H19F3OS. The molecule has 5 heteroatoms. The third kappa shape index (κ3) is 3.84. The molecule has 0 N–H and O–H groups in total. The van der Waals surface area contributed by atoms with E-state index in [1.807, 2.05) is 19.1 Å². The van der Waals surface area contributed by atoms with Crippen LogP contribution in [-0.4, -0.2) is 12.0 Å². The molecular weight excluding hydrogens is 285 g/mol. The topological polar surface area (TPSA) is 17.1 Å². The maximum atomic E-state index is 12.7. The molecule has 1 saturated carbocycles. The summed E-state index contributed by atoms with van der Waals surface area (Å²) in [4.78, 5) is 14.4. The standard InChI is InChI=1S/C15H19F3OS/c1-2-12-6-7-13(20-12)9-14(19)10-4-3-5-11(8-10)15(16,17)18/h6-7,10-11H,2-5,8-9H2,1H3. The summed E-state index contributed by atoms with van der Waals surface area (Å²) in [5.41, 5.74) is 0. The highest BCUT2D eigenvalue weighted by molar-refractivity contribution is 7.12. The smallest absolute Gasteiger partial charge is 0.299 e. The number of halogens is 3. The first kappa shape index (κ1) is 15.5. The van der Waals surface area contributed by atoms with Gasteiger partial charge in [-0.15, -0.1) is 11.3 Å². The van der Waals surface area contributed by atoms with Crippen LogP contribution in [0.25, 0.3) is 0 Å². The van der Waals surface area contributed by atoms with Gasteiger partial charge in [0.25, 0.3) is 0 Å². The SMILES string of the molecule is CCc1ccc(CC(=O)C2CCCC(C(F)(F)F)C2)s1. The molecule has 0 amide bonds. The Bertz CT molecular complexity index is 464. The number of aryl methyl sites for hydroxylation is 1. The zero-order valence-electron chi connectivity index (χ0n) is 11.5. The van der Waals surface area contributed by atoms with E-state index in [0.29, 0.717) is 19.3 Å². The van der Waals surface area contributed by atoms with Crippen LogP contribution in [0.15, 0.2) is 12.1 Å². The van der Waals surface area contributed by atoms with Gasteiger partial charge in [0.2, 0.25) is 0 Å². The van der Waals surface area contributed by atoms with E-state index in [4.69, 9.17) is 0 Å². The van der Waals surface area contributed by atoms with Crippen molar-refractivity contribution in [3.63, 3.8) is 0 Å². The molecule has 0 radical (unpaired) electrons. The highest BCUT2D eigenvalue weighted by atomic mass is 32.1. The number of hydrogen-bond donors (Lipinski definition) is 0. The van der Waals surface area contributed by atoms with E-state index in [2.05, 4.69) is 0 Å². The van der Waals surface area contributed by atoms with Crippen molar-refractivity contribution < 1.29 is 18.0 Å². The summed E-state index contributed by atoms with van der Waals surface area (Å²) in [6, 6.07) is 3.91. The number of alkyl halides is 3. The molecule has 1 aromatic rings. The Morgan fingerprint density at radius 2 is 2.00 bits per heavy atom. The minimum atomic E-state index is -4.16. The molecule has 0 spiro atoms. The summed E-state index contributed by atoms with van der Waals surface area (Å²) in [5.74, 6) is -1.73. The lowest BCUT2D eigenvalue weighted by Gasteiger charge is -2.29. The number of carbonyl (C=O) groups excluding carboxylic acids is 1. The molecule has 2 atom stereocenters. The minimum absolute atomic E-state index is 0.0195. The lowest BCUT2D eigenvalue weighted by molar-refractivity contribution is -0.186. The third-order valence-corrected chi connectivity index (χ3v) is 5.24. The summed E-state index contributed by atoms with van der Waals surface area (Å²) in [5, 5.41) is 0. The second kappa shape index (κ2) is 6.29. The second-order valence-electron chi connectivity index (χ2n) is 5.47. The fourth-order valence-electron chi connectivity index (χ4n) is 2.80. The van der Waals surface area contributed by atoms with Gasteiger partial charge < -0.3 is 0 Å². The van der Waals surface area contributed by atoms with Crippen LogP contribution in [0.4, 0.5) is 13.2 Å². The largest absolute Gasteiger partial charge is 0.391 e. The lowest BCUT2D eigenvalue weighted by Crippen LogP contribution is -2.32. The van der Waals surface area contributed by atoms with Gasteiger partial charge in [0.15, 0.2) is 0 Å². The Balaban J connectivity index is 1.95. The van der Waals surface area contributed by atoms with Gasteiger partial charge in [0, 0.05) is 22.1 Å². The highest BCUT2D eigenvalue weighted by Crippen LogP contribution is 2.40. The molecule has 1 nitrogen and oxygen atoms in total. The van der Waals surface area contributed by atoms with Gasteiger partial charge in [-0.1, -0.05) is 13.3 Å². The number of carbonyl (C=O) groups is 1. The predicted octanol–water partition coefficient (Wildman–Crippen LogP) is 4.79. The summed E-state index contributed by atoms with van der Waals surface area (Å²) < 4.78 is 38.2. The molecule has 0 aliphatic heterocycles. The van der Waals surface area contributed by atoms with Crippen LogP contribution in [0.2, 0.25) is 0 Å². The van der Waals surface area contributed by atoms with Crippen LogP contribution in [-0.2, 0) is 17.6 Å². The first-order valence-corrected chi connectivity index (χ1v) is 7.88. The van der Waals surface area contributed by atoms with E-state index in [-0.39, 0.29) is 18.6 Å². The molecule has 20 heavy (non-hydrogen) atoms. The fraction of sp³-hybridized carbons (Fsp3) is 0.667. The average Bonchev–Trinajstić information content (AvgIpc) is 2.85. The van der Waals surface area contributed by atoms with Gasteiger partial charge in [-0.3, -0.25) is 4.79 Å². The zero-order chi connectivity index (χ0) is 14.8. The van der Waals surface area contributed by atoms with Crippen molar-refractivity contribution in [2.24, 2.45) is 11.8 Å². The maximum absolute atomic E-state index is 12.7. The van der Waals surface area contributed by atoms with E-state index in [1.165, 1.54) is 4.88 Å². The first-order valence-electron chi connectivity index (χ1n) is 7.07. The minimum Gasteiger partial charge on any atom is -0.299 e. The monoisotopic (exact) mass is 304 g/mol. The Hall–Kier alpha value is -0.840. The fourth-order valence-corrected chi connectivity index (χ4v) is 3.77. The van der Waals surface area contributed by atoms with Crippen molar-refractivity contribution in [2.45, 2.75) is 51.6 Å². The summed E-state index contributed by atoms with van der Waals surface area (Å²) in [6.07, 6.45) is -1.67. The van der Waals surface area contributed by atoms with Crippen molar-refractivity contribution in [1.29, 1.82) is 0 Å². The number of rotatable bonds is 4. The van der Waals surface area contributed by atoms with Crippen LogP contribution in [0.1, 0.15) is 42.4 Å². The van der Waals surface area contributed by atoms with Crippen molar-refractivity contribution in [3.8, 4) is 0 Å². The van der Waals surface area contributed by atoms with Crippen molar-refractivity contribution in [2.75, 3.05) is 0 Å². The predicted molar refractivity (Wildman–Crippen MR) is 73.9 cm³/mol. The summed E-state index contributed by atoms with van der Waals surface area (Å²) in [7, 11) is 0. The molecule has 0 bridgehead atoms. The molecule has 2 rings (SSSR count). The van der Waals surface area contributed by atoms with Crippen molar-refractivity contribution in [1.82, 2.24) is 0 Å². The van der Waals surface area contributed by atoms with Gasteiger partial charge in [0.05, 0.1) is 5.92 Å². The van der Waals surface area contributed by atoms with E-state index in [0.717, 1.165) is 11.3 Å². The van der Waals surface area contributed by atoms with Crippen LogP contribution in [0.3, 0.4) is 0 Å². The van der Waals surface area contributed by atoms with E-state index in [9.17, 15) is 18.0 Å². The van der Waals surface area contributed by atoms with Crippen molar-refractivity contribution in [3.05, 3.63) is 21.9 Å². The quantitative estimate of drug-likeness (QED) is 0.781. The van der Waals surface area contributed by atoms with E-state index in [1.54, 1.807) is 11.3 Å². The number of ketones is 1. The average molecular weight is 304 g/mol. The zero-order valence-corrected chi connectivity index (χ0v) is 12.3. The van der Waals surface area contributed by atoms with Crippen LogP contribution >= 0.6 is 11.3 Å². The van der Waals surface area contributed by atoms with Gasteiger partial charge in [-0.25, -0.2) is 0 Å². The van der Waals surface area contributed by atoms with E-state index >= 15 is 0 Å². The van der Waals surface area contributed by atoms with Gasteiger partial charge >= 0.3 is 6.18 Å². The third-order valence-electron chi connectivity index (χ3n) is 4.01. The van der Waals surface area contributed by atoms with Crippen LogP contribution < -0.4 is 0 Å². The summed E-state index contributed by atoms with van der Waals surface area (Å²) >= 11 is 1.59. The normalized spacial score (nSPS) is 23.8. The molecule has 1 fully saturated rings.